The van der Waals surface area contributed by atoms with Gasteiger partial charge in [0, 0.05) is 0 Å². The second-order valence-corrected chi connectivity index (χ2v) is 25.7. The van der Waals surface area contributed by atoms with Crippen LogP contribution in [0.1, 0.15) is 15.9 Å². The molecule has 344 valence electrons. The number of benzene rings is 11. The van der Waals surface area contributed by atoms with E-state index in [4.69, 9.17) is 0 Å². The van der Waals surface area contributed by atoms with E-state index in [-0.39, 0.29) is 5.78 Å². The van der Waals surface area contributed by atoms with Gasteiger partial charge in [-0.3, -0.25) is 0 Å². The quantitative estimate of drug-likeness (QED) is 0.0755. The molecule has 11 aromatic carbocycles. The van der Waals surface area contributed by atoms with E-state index in [0.717, 1.165) is 51.2 Å². The fraction of sp³-hybridized carbons (Fsp3) is 0. The van der Waals surface area contributed by atoms with Crippen LogP contribution in [-0.2, 0) is 0 Å². The molecule has 0 atom stereocenters. The molecule has 0 bridgehead atoms. The number of carbonyl (C=O) groups excluding carboxylic acids is 1. The van der Waals surface area contributed by atoms with Crippen molar-refractivity contribution in [1.82, 2.24) is 0 Å². The van der Waals surface area contributed by atoms with Gasteiger partial charge in [-0.1, -0.05) is 72.8 Å². The van der Waals surface area contributed by atoms with E-state index < -0.39 is 13.3 Å². The number of hydrogen-bond acceptors (Lipinski definition) is 4. The molecule has 0 aliphatic carbocycles. The normalized spacial score (nSPS) is 11.1. The van der Waals surface area contributed by atoms with Crippen LogP contribution in [0, 0.1) is 0 Å². The molecule has 0 aliphatic heterocycles. The first kappa shape index (κ1) is 45.5. The molecule has 5 heteroatoms. The van der Waals surface area contributed by atoms with Crippen molar-refractivity contribution < 1.29 is 4.79 Å². The first-order valence-corrected chi connectivity index (χ1v) is 28.6. The summed E-state index contributed by atoms with van der Waals surface area (Å²) in [4.78, 5) is 21.1. The van der Waals surface area contributed by atoms with Gasteiger partial charge in [-0.15, -0.1) is 0 Å². The Labute approximate surface area is 425 Å². The van der Waals surface area contributed by atoms with Crippen LogP contribution < -0.4 is 32.3 Å². The Morgan fingerprint density at radius 1 is 0.222 bits per heavy atom. The SMILES string of the molecule is O=C(c1ccccc1)c1ccc[c]([Ge]([c]2ccccc2)([c]2ccccc2)[c]2ccc(N(c3ccc(N(c4ccccc4)c4ccccc4)cc3)c3ccc(N(c4ccccc4)c4ccccc4)cc3)cc2)c1. The molecule has 4 nitrogen and oxygen atoms in total. The second kappa shape index (κ2) is 20.9. The summed E-state index contributed by atoms with van der Waals surface area (Å²) in [6.45, 7) is 0. The number of hydrogen-bond donors (Lipinski definition) is 0. The van der Waals surface area contributed by atoms with Gasteiger partial charge < -0.3 is 0 Å². The first-order valence-electron chi connectivity index (χ1n) is 24.4. The topological polar surface area (TPSA) is 26.8 Å². The molecule has 0 amide bonds. The van der Waals surface area contributed by atoms with Crippen molar-refractivity contribution in [2.75, 3.05) is 14.7 Å². The van der Waals surface area contributed by atoms with Crippen LogP contribution >= 0.6 is 0 Å². The Morgan fingerprint density at radius 3 is 0.792 bits per heavy atom. The third kappa shape index (κ3) is 9.15. The molecule has 72 heavy (non-hydrogen) atoms. The van der Waals surface area contributed by atoms with Crippen molar-refractivity contribution >= 4 is 87.8 Å². The van der Waals surface area contributed by atoms with Crippen LogP contribution in [0.25, 0.3) is 0 Å². The van der Waals surface area contributed by atoms with Crippen LogP contribution in [0.4, 0.5) is 51.2 Å². The van der Waals surface area contributed by atoms with Crippen LogP contribution in [0.5, 0.6) is 0 Å². The summed E-state index contributed by atoms with van der Waals surface area (Å²) in [5.74, 6) is 0.0178. The zero-order valence-electron chi connectivity index (χ0n) is 39.7. The molecule has 0 N–H and O–H groups in total. The van der Waals surface area contributed by atoms with Gasteiger partial charge in [-0.25, -0.2) is 0 Å². The van der Waals surface area contributed by atoms with Crippen molar-refractivity contribution in [2.24, 2.45) is 0 Å². The summed E-state index contributed by atoms with van der Waals surface area (Å²) < 4.78 is 5.01. The van der Waals surface area contributed by atoms with Crippen LogP contribution in [0.15, 0.2) is 309 Å². The average molecular weight is 987 g/mol. The third-order valence-corrected chi connectivity index (χ3v) is 23.4. The van der Waals surface area contributed by atoms with Gasteiger partial charge in [0.2, 0.25) is 0 Å². The molecule has 0 aromatic heterocycles. The van der Waals surface area contributed by atoms with Gasteiger partial charge in [0.15, 0.2) is 0 Å². The molecule has 0 saturated carbocycles. The number of ketones is 1. The van der Waals surface area contributed by atoms with E-state index in [0.29, 0.717) is 11.1 Å². The van der Waals surface area contributed by atoms with Crippen LogP contribution in [-0.4, -0.2) is 19.0 Å². The standard InChI is InChI=1S/C67H51GeN3O/c72-67(52-23-8-1-9-24-52)53-25-22-30-57(51-53)68(54-26-10-2-11-27-54,55-28-12-3-13-29-55)56-39-41-62(42-40-56)71(65-47-43-63(44-48-65)69(58-31-14-4-15-32-58)59-33-16-5-17-34-59)66-49-45-64(46-50-66)70(60-35-18-6-19-36-60)61-37-20-7-21-38-61/h1-51H. The van der Waals surface area contributed by atoms with E-state index in [2.05, 4.69) is 288 Å². The van der Waals surface area contributed by atoms with Gasteiger partial charge >= 0.3 is 355 Å². The zero-order valence-corrected chi connectivity index (χ0v) is 41.8. The van der Waals surface area contributed by atoms with E-state index in [1.807, 2.05) is 36.4 Å². The molecule has 0 heterocycles. The van der Waals surface area contributed by atoms with Crippen molar-refractivity contribution in [1.29, 1.82) is 0 Å². The summed E-state index contributed by atoms with van der Waals surface area (Å²) in [5.41, 5.74) is 10.9. The monoisotopic (exact) mass is 987 g/mol. The van der Waals surface area contributed by atoms with Crippen LogP contribution in [0.3, 0.4) is 0 Å². The maximum absolute atomic E-state index is 14.1. The summed E-state index contributed by atoms with van der Waals surface area (Å²) in [7, 11) is 0. The van der Waals surface area contributed by atoms with Gasteiger partial charge in [0.1, 0.15) is 0 Å². The Kier molecular flexibility index (Phi) is 13.2. The summed E-state index contributed by atoms with van der Waals surface area (Å²) >= 11 is -3.84. The average Bonchev–Trinajstić information content (AvgIpc) is 3.46. The minimum atomic E-state index is -3.84. The number of anilines is 9. The van der Waals surface area contributed by atoms with E-state index >= 15 is 0 Å². The summed E-state index contributed by atoms with van der Waals surface area (Å²) in [5, 5.41) is 0. The summed E-state index contributed by atoms with van der Waals surface area (Å²) in [6.07, 6.45) is 0. The van der Waals surface area contributed by atoms with Gasteiger partial charge in [-0.2, -0.15) is 0 Å². The summed E-state index contributed by atoms with van der Waals surface area (Å²) in [6, 6.07) is 109. The molecule has 0 aliphatic rings. The molecule has 11 rings (SSSR count). The van der Waals surface area contributed by atoms with Gasteiger partial charge in [0.25, 0.3) is 0 Å². The number of carbonyl (C=O) groups is 1. The fourth-order valence-electron chi connectivity index (χ4n) is 10.0. The maximum atomic E-state index is 14.1. The third-order valence-electron chi connectivity index (χ3n) is 13.4. The Hall–Kier alpha value is -8.97. The van der Waals surface area contributed by atoms with Crippen molar-refractivity contribution in [2.45, 2.75) is 0 Å². The Morgan fingerprint density at radius 2 is 0.458 bits per heavy atom. The minimum absolute atomic E-state index is 0.0178. The first-order chi connectivity index (χ1) is 35.6. The number of nitrogens with zero attached hydrogens (tertiary/aromatic N) is 3. The van der Waals surface area contributed by atoms with Gasteiger partial charge in [0.05, 0.1) is 0 Å². The van der Waals surface area contributed by atoms with E-state index in [1.165, 1.54) is 17.6 Å². The number of para-hydroxylation sites is 4. The van der Waals surface area contributed by atoms with E-state index in [1.54, 1.807) is 0 Å². The number of rotatable bonds is 15. The van der Waals surface area contributed by atoms with Crippen molar-refractivity contribution in [3.8, 4) is 0 Å². The molecule has 0 saturated heterocycles. The van der Waals surface area contributed by atoms with Crippen molar-refractivity contribution in [3.05, 3.63) is 321 Å². The Bertz CT molecular complexity index is 3250. The molecule has 11 aromatic rings. The zero-order chi connectivity index (χ0) is 48.5. The van der Waals surface area contributed by atoms with Gasteiger partial charge in [-0.05, 0) is 0 Å². The molecular weight excluding hydrogens is 935 g/mol. The second-order valence-electron chi connectivity index (χ2n) is 17.7. The Balaban J connectivity index is 1.06. The van der Waals surface area contributed by atoms with Crippen LogP contribution in [0.2, 0.25) is 0 Å². The molecule has 0 fully saturated rings. The predicted molar refractivity (Wildman–Crippen MR) is 304 cm³/mol. The molecule has 0 unspecified atom stereocenters. The molecular formula is C67H51GeN3O. The van der Waals surface area contributed by atoms with E-state index in [9.17, 15) is 4.79 Å². The molecule has 0 spiro atoms. The molecule has 0 radical (unpaired) electrons. The van der Waals surface area contributed by atoms with Crippen molar-refractivity contribution in [3.63, 3.8) is 0 Å². The fourth-order valence-corrected chi connectivity index (χ4v) is 20.0. The predicted octanol–water partition coefficient (Wildman–Crippen LogP) is 14.7.